The zero-order valence-corrected chi connectivity index (χ0v) is 11.6. The van der Waals surface area contributed by atoms with Gasteiger partial charge in [-0.05, 0) is 30.2 Å². The van der Waals surface area contributed by atoms with E-state index in [1.54, 1.807) is 19.1 Å². The van der Waals surface area contributed by atoms with E-state index < -0.39 is 15.6 Å². The van der Waals surface area contributed by atoms with Gasteiger partial charge in [0.25, 0.3) is 15.6 Å². The average molecular weight is 294 g/mol. The molecule has 0 unspecified atom stereocenters. The molecule has 0 amide bonds. The largest absolute Gasteiger partial charge is 0.326 e. The molecule has 7 nitrogen and oxygen atoms in total. The third kappa shape index (κ3) is 3.03. The highest BCUT2D eigenvalue weighted by Gasteiger charge is 2.17. The highest BCUT2D eigenvalue weighted by molar-refractivity contribution is 7.92. The Morgan fingerprint density at radius 3 is 2.60 bits per heavy atom. The lowest BCUT2D eigenvalue weighted by atomic mass is 10.1. The normalized spacial score (nSPS) is 11.3. The second-order valence-corrected chi connectivity index (χ2v) is 5.87. The molecule has 1 aromatic heterocycles. The second-order valence-electron chi connectivity index (χ2n) is 4.22. The molecule has 0 aliphatic heterocycles. The first-order chi connectivity index (χ1) is 9.42. The lowest BCUT2D eigenvalue weighted by molar-refractivity contribution is 0.600. The summed E-state index contributed by atoms with van der Waals surface area (Å²) < 4.78 is 26.8. The van der Waals surface area contributed by atoms with E-state index in [1.807, 2.05) is 0 Å². The van der Waals surface area contributed by atoms with Gasteiger partial charge in [0.2, 0.25) is 0 Å². The summed E-state index contributed by atoms with van der Waals surface area (Å²) >= 11 is 0. The van der Waals surface area contributed by atoms with Crippen LogP contribution in [-0.2, 0) is 16.6 Å². The molecule has 4 N–H and O–H groups in total. The van der Waals surface area contributed by atoms with E-state index in [4.69, 9.17) is 5.73 Å². The molecule has 0 saturated carbocycles. The number of aromatic nitrogens is 2. The van der Waals surface area contributed by atoms with E-state index >= 15 is 0 Å². The van der Waals surface area contributed by atoms with Crippen molar-refractivity contribution in [2.75, 3.05) is 4.72 Å². The predicted octanol–water partition coefficient (Wildman–Crippen LogP) is 0.338. The van der Waals surface area contributed by atoms with E-state index in [1.165, 1.54) is 18.2 Å². The zero-order valence-electron chi connectivity index (χ0n) is 10.8. The first-order valence-electron chi connectivity index (χ1n) is 5.80. The Morgan fingerprint density at radius 2 is 2.05 bits per heavy atom. The van der Waals surface area contributed by atoms with Crippen molar-refractivity contribution in [1.82, 2.24) is 10.2 Å². The second kappa shape index (κ2) is 5.43. The van der Waals surface area contributed by atoms with Crippen LogP contribution in [0.15, 0.2) is 40.0 Å². The molecule has 0 atom stereocenters. The number of aromatic amines is 1. The van der Waals surface area contributed by atoms with Gasteiger partial charge in [0, 0.05) is 12.6 Å². The van der Waals surface area contributed by atoms with Gasteiger partial charge >= 0.3 is 0 Å². The molecule has 0 spiro atoms. The number of hydrogen-bond acceptors (Lipinski definition) is 5. The van der Waals surface area contributed by atoms with Crippen molar-refractivity contribution in [3.05, 3.63) is 51.8 Å². The summed E-state index contributed by atoms with van der Waals surface area (Å²) in [5, 5.41) is 5.76. The zero-order chi connectivity index (χ0) is 14.8. The van der Waals surface area contributed by atoms with Gasteiger partial charge in [-0.2, -0.15) is 5.10 Å². The van der Waals surface area contributed by atoms with Crippen LogP contribution in [0.2, 0.25) is 0 Å². The minimum Gasteiger partial charge on any atom is -0.326 e. The van der Waals surface area contributed by atoms with Crippen LogP contribution in [0.4, 0.5) is 5.82 Å². The summed E-state index contributed by atoms with van der Waals surface area (Å²) in [7, 11) is -3.76. The number of nitrogens with one attached hydrogen (secondary N) is 2. The lowest BCUT2D eigenvalue weighted by Gasteiger charge is -2.10. The van der Waals surface area contributed by atoms with Crippen molar-refractivity contribution in [3.63, 3.8) is 0 Å². The fourth-order valence-corrected chi connectivity index (χ4v) is 2.96. The summed E-state index contributed by atoms with van der Waals surface area (Å²) in [6.07, 6.45) is 0. The lowest BCUT2D eigenvalue weighted by Crippen LogP contribution is -2.17. The molecule has 2 aromatic rings. The van der Waals surface area contributed by atoms with E-state index in [0.717, 1.165) is 5.56 Å². The van der Waals surface area contributed by atoms with Crippen molar-refractivity contribution in [1.29, 1.82) is 0 Å². The number of nitrogens with zero attached hydrogens (tertiary/aromatic N) is 1. The molecule has 20 heavy (non-hydrogen) atoms. The average Bonchev–Trinajstić information content (AvgIpc) is 2.40. The van der Waals surface area contributed by atoms with Crippen LogP contribution >= 0.6 is 0 Å². The third-order valence-corrected chi connectivity index (χ3v) is 4.20. The van der Waals surface area contributed by atoms with Crippen LogP contribution in [0.25, 0.3) is 0 Å². The van der Waals surface area contributed by atoms with Crippen LogP contribution < -0.4 is 16.0 Å². The monoisotopic (exact) mass is 294 g/mol. The molecular weight excluding hydrogens is 280 g/mol. The molecule has 0 fully saturated rings. The number of rotatable bonds is 4. The molecule has 1 aromatic carbocycles. The Balaban J connectivity index is 2.35. The first kappa shape index (κ1) is 14.2. The summed E-state index contributed by atoms with van der Waals surface area (Å²) in [4.78, 5) is 11.0. The molecule has 0 aliphatic carbocycles. The summed E-state index contributed by atoms with van der Waals surface area (Å²) in [6.45, 7) is 2.03. The Morgan fingerprint density at radius 1 is 1.30 bits per heavy atom. The van der Waals surface area contributed by atoms with Crippen molar-refractivity contribution in [3.8, 4) is 0 Å². The van der Waals surface area contributed by atoms with Gasteiger partial charge in [-0.3, -0.25) is 9.52 Å². The fraction of sp³-hybridized carbons (Fsp3) is 0.167. The van der Waals surface area contributed by atoms with E-state index in [0.29, 0.717) is 12.1 Å². The number of sulfonamides is 1. The maximum absolute atomic E-state index is 12.2. The highest BCUT2D eigenvalue weighted by atomic mass is 32.2. The standard InChI is InChI=1S/C12H14N4O3S/c1-8-6-9(7-13)2-3-10(8)20(18,19)16-11-4-5-12(17)15-14-11/h2-6H,7,13H2,1H3,(H,14,16)(H,15,17). The molecule has 1 heterocycles. The van der Waals surface area contributed by atoms with Crippen molar-refractivity contribution < 1.29 is 8.42 Å². The molecule has 106 valence electrons. The maximum atomic E-state index is 12.2. The minimum atomic E-state index is -3.76. The predicted molar refractivity (Wildman–Crippen MR) is 74.7 cm³/mol. The Hall–Kier alpha value is -2.19. The van der Waals surface area contributed by atoms with Gasteiger partial charge in [0.15, 0.2) is 5.82 Å². The first-order valence-corrected chi connectivity index (χ1v) is 7.29. The number of aryl methyl sites for hydroxylation is 1. The topological polar surface area (TPSA) is 118 Å². The fourth-order valence-electron chi connectivity index (χ4n) is 1.73. The molecule has 8 heteroatoms. The Kier molecular flexibility index (Phi) is 3.86. The maximum Gasteiger partial charge on any atom is 0.264 e. The van der Waals surface area contributed by atoms with Crippen molar-refractivity contribution in [2.24, 2.45) is 5.73 Å². The van der Waals surface area contributed by atoms with Gasteiger partial charge in [-0.1, -0.05) is 12.1 Å². The van der Waals surface area contributed by atoms with Crippen molar-refractivity contribution >= 4 is 15.8 Å². The highest BCUT2D eigenvalue weighted by Crippen LogP contribution is 2.19. The van der Waals surface area contributed by atoms with Crippen LogP contribution in [-0.4, -0.2) is 18.6 Å². The van der Waals surface area contributed by atoms with Crippen LogP contribution in [0, 0.1) is 6.92 Å². The number of hydrogen-bond donors (Lipinski definition) is 3. The smallest absolute Gasteiger partial charge is 0.264 e. The molecule has 2 rings (SSSR count). The van der Waals surface area contributed by atoms with Gasteiger partial charge in [0.05, 0.1) is 4.90 Å². The van der Waals surface area contributed by atoms with Crippen molar-refractivity contribution in [2.45, 2.75) is 18.4 Å². The number of nitrogens with two attached hydrogens (primary N) is 1. The van der Waals surface area contributed by atoms with Gasteiger partial charge in [-0.25, -0.2) is 13.5 Å². The van der Waals surface area contributed by atoms with Crippen LogP contribution in [0.1, 0.15) is 11.1 Å². The van der Waals surface area contributed by atoms with Gasteiger partial charge < -0.3 is 5.73 Å². The minimum absolute atomic E-state index is 0.0481. The van der Waals surface area contributed by atoms with Crippen LogP contribution in [0.3, 0.4) is 0 Å². The molecule has 0 radical (unpaired) electrons. The third-order valence-electron chi connectivity index (χ3n) is 2.68. The summed E-state index contributed by atoms with van der Waals surface area (Å²) in [5.41, 5.74) is 6.54. The Labute approximate surface area is 115 Å². The molecular formula is C12H14N4O3S. The molecule has 0 saturated heterocycles. The van der Waals surface area contributed by atoms with Gasteiger partial charge in [0.1, 0.15) is 0 Å². The van der Waals surface area contributed by atoms with E-state index in [2.05, 4.69) is 14.9 Å². The number of benzene rings is 1. The van der Waals surface area contributed by atoms with E-state index in [9.17, 15) is 13.2 Å². The summed E-state index contributed by atoms with van der Waals surface area (Å²) in [6, 6.07) is 7.34. The Bertz CT molecular complexity index is 763. The molecule has 0 bridgehead atoms. The number of H-pyrrole nitrogens is 1. The van der Waals surface area contributed by atoms with Gasteiger partial charge in [-0.15, -0.1) is 0 Å². The van der Waals surface area contributed by atoms with E-state index in [-0.39, 0.29) is 10.7 Å². The SMILES string of the molecule is Cc1cc(CN)ccc1S(=O)(=O)Nc1ccc(=O)[nH]n1. The quantitative estimate of drug-likeness (QED) is 0.751. The molecule has 0 aliphatic rings. The van der Waals surface area contributed by atoms with Crippen LogP contribution in [0.5, 0.6) is 0 Å². The number of anilines is 1. The summed E-state index contributed by atoms with van der Waals surface area (Å²) in [5.74, 6) is 0.0481.